The molecule has 0 amide bonds. The van der Waals surface area contributed by atoms with Crippen LogP contribution in [-0.2, 0) is 9.84 Å². The number of sulfone groups is 1. The van der Waals surface area contributed by atoms with Gasteiger partial charge >= 0.3 is 0 Å². The second-order valence-electron chi connectivity index (χ2n) is 3.26. The highest BCUT2D eigenvalue weighted by atomic mass is 127. The molecule has 0 aliphatic rings. The minimum Gasteiger partial charge on any atom is -0.385 e. The van der Waals surface area contributed by atoms with Crippen molar-refractivity contribution in [3.8, 4) is 0 Å². The van der Waals surface area contributed by atoms with Crippen molar-refractivity contribution in [2.75, 3.05) is 6.26 Å². The lowest BCUT2D eigenvalue weighted by atomic mass is 10.1. The fourth-order valence-corrected chi connectivity index (χ4v) is 2.20. The van der Waals surface area contributed by atoms with Gasteiger partial charge in [0.05, 0.1) is 0 Å². The standard InChI is InChI=1S/C9H9BrFIO3S/c1-16(14,15)9(10,12)8(13)6-4-2-3-5-7(6)11/h2-5,8,13H,1H3/t8-,9-/m1/s1. The molecule has 16 heavy (non-hydrogen) atoms. The van der Waals surface area contributed by atoms with E-state index in [2.05, 4.69) is 15.9 Å². The quantitative estimate of drug-likeness (QED) is 0.601. The predicted molar refractivity (Wildman–Crippen MR) is 71.9 cm³/mol. The Morgan fingerprint density at radius 1 is 1.50 bits per heavy atom. The van der Waals surface area contributed by atoms with Gasteiger partial charge in [0.2, 0.25) is 1.66 Å². The molecule has 90 valence electrons. The minimum absolute atomic E-state index is 0.0563. The number of hydrogen-bond acceptors (Lipinski definition) is 3. The van der Waals surface area contributed by atoms with Gasteiger partial charge in [-0.2, -0.15) is 0 Å². The number of hydrogen-bond donors (Lipinski definition) is 1. The van der Waals surface area contributed by atoms with Crippen LogP contribution in [0.3, 0.4) is 0 Å². The summed E-state index contributed by atoms with van der Waals surface area (Å²) in [6.07, 6.45) is -0.512. The second-order valence-corrected chi connectivity index (χ2v) is 11.1. The molecule has 0 fully saturated rings. The fourth-order valence-electron chi connectivity index (χ4n) is 1.08. The summed E-state index contributed by atoms with van der Waals surface area (Å²) in [5, 5.41) is 9.89. The Morgan fingerprint density at radius 3 is 2.44 bits per heavy atom. The van der Waals surface area contributed by atoms with E-state index in [1.54, 1.807) is 22.6 Å². The third-order valence-corrected chi connectivity index (χ3v) is 8.41. The van der Waals surface area contributed by atoms with E-state index in [1.807, 2.05) is 0 Å². The largest absolute Gasteiger partial charge is 0.385 e. The smallest absolute Gasteiger partial charge is 0.206 e. The zero-order chi connectivity index (χ0) is 12.6. The topological polar surface area (TPSA) is 54.4 Å². The van der Waals surface area contributed by atoms with Crippen LogP contribution >= 0.6 is 38.5 Å². The number of aliphatic hydroxyl groups is 1. The van der Waals surface area contributed by atoms with Crippen molar-refractivity contribution in [3.63, 3.8) is 0 Å². The highest BCUT2D eigenvalue weighted by Gasteiger charge is 2.44. The normalized spacial score (nSPS) is 17.8. The molecular formula is C9H9BrFIO3S. The summed E-state index contributed by atoms with van der Waals surface area (Å²) in [5.74, 6) is -0.640. The third-order valence-electron chi connectivity index (χ3n) is 2.01. The van der Waals surface area contributed by atoms with Crippen molar-refractivity contribution in [1.29, 1.82) is 0 Å². The molecule has 0 unspecified atom stereocenters. The maximum absolute atomic E-state index is 13.4. The maximum atomic E-state index is 13.4. The second kappa shape index (κ2) is 4.87. The SMILES string of the molecule is CS(=O)(=O)[C@](Br)(I)[C@H](O)c1ccccc1F. The summed E-state index contributed by atoms with van der Waals surface area (Å²) < 4.78 is 34.6. The van der Waals surface area contributed by atoms with E-state index in [-0.39, 0.29) is 5.56 Å². The van der Waals surface area contributed by atoms with Crippen molar-refractivity contribution in [2.45, 2.75) is 7.77 Å². The molecule has 0 saturated carbocycles. The number of rotatable bonds is 3. The first-order valence-corrected chi connectivity index (χ1v) is 7.94. The van der Waals surface area contributed by atoms with Crippen molar-refractivity contribution in [3.05, 3.63) is 35.6 Å². The Bertz CT molecular complexity index is 489. The Balaban J connectivity index is 3.23. The molecule has 7 heteroatoms. The number of halogens is 3. The summed E-state index contributed by atoms with van der Waals surface area (Å²) in [5.41, 5.74) is -0.0563. The van der Waals surface area contributed by atoms with Crippen LogP contribution in [0.1, 0.15) is 11.7 Å². The van der Waals surface area contributed by atoms with E-state index < -0.39 is 23.4 Å². The van der Waals surface area contributed by atoms with Gasteiger partial charge in [-0.15, -0.1) is 0 Å². The van der Waals surface area contributed by atoms with Gasteiger partial charge in [0, 0.05) is 11.8 Å². The lowest BCUT2D eigenvalue weighted by Crippen LogP contribution is -2.31. The van der Waals surface area contributed by atoms with Crippen molar-refractivity contribution in [2.24, 2.45) is 0 Å². The van der Waals surface area contributed by atoms with Gasteiger partial charge in [-0.1, -0.05) is 34.1 Å². The molecule has 0 aliphatic heterocycles. The fraction of sp³-hybridized carbons (Fsp3) is 0.333. The average molecular weight is 423 g/mol. The first kappa shape index (κ1) is 14.3. The van der Waals surface area contributed by atoms with E-state index in [1.165, 1.54) is 24.3 Å². The Hall–Kier alpha value is 0.270. The summed E-state index contributed by atoms with van der Waals surface area (Å²) >= 11 is 4.46. The highest BCUT2D eigenvalue weighted by molar-refractivity contribution is 14.1. The molecule has 0 aliphatic carbocycles. The third kappa shape index (κ3) is 2.74. The van der Waals surface area contributed by atoms with E-state index in [0.717, 1.165) is 6.26 Å². The van der Waals surface area contributed by atoms with Crippen LogP contribution in [0.2, 0.25) is 0 Å². The van der Waals surface area contributed by atoms with Crippen molar-refractivity contribution < 1.29 is 17.9 Å². The zero-order valence-corrected chi connectivity index (χ0v) is 12.8. The molecule has 0 heterocycles. The molecule has 3 nitrogen and oxygen atoms in total. The molecule has 1 N–H and O–H groups in total. The van der Waals surface area contributed by atoms with Crippen LogP contribution in [0.25, 0.3) is 0 Å². The number of benzene rings is 1. The van der Waals surface area contributed by atoms with Crippen LogP contribution in [0.15, 0.2) is 24.3 Å². The molecular weight excluding hydrogens is 414 g/mol. The Morgan fingerprint density at radius 2 is 2.00 bits per heavy atom. The lowest BCUT2D eigenvalue weighted by molar-refractivity contribution is 0.186. The lowest BCUT2D eigenvalue weighted by Gasteiger charge is -2.25. The van der Waals surface area contributed by atoms with Gasteiger partial charge in [-0.05, 0) is 28.7 Å². The van der Waals surface area contributed by atoms with Gasteiger partial charge in [0.25, 0.3) is 0 Å². The molecule has 1 rings (SSSR count). The summed E-state index contributed by atoms with van der Waals surface area (Å²) in [6, 6.07) is 5.51. The summed E-state index contributed by atoms with van der Waals surface area (Å²) in [7, 11) is -3.58. The van der Waals surface area contributed by atoms with Gasteiger partial charge in [-0.25, -0.2) is 12.8 Å². The van der Waals surface area contributed by atoms with E-state index in [9.17, 15) is 17.9 Å². The first-order valence-electron chi connectivity index (χ1n) is 4.18. The molecule has 1 aromatic carbocycles. The zero-order valence-electron chi connectivity index (χ0n) is 8.19. The van der Waals surface area contributed by atoms with Gasteiger partial charge in [0.15, 0.2) is 9.84 Å². The molecule has 0 aromatic heterocycles. The van der Waals surface area contributed by atoms with Crippen LogP contribution in [0.4, 0.5) is 4.39 Å². The van der Waals surface area contributed by atoms with E-state index in [0.29, 0.717) is 0 Å². The predicted octanol–water partition coefficient (Wildman–Crippen LogP) is 2.39. The van der Waals surface area contributed by atoms with Crippen LogP contribution < -0.4 is 0 Å². The van der Waals surface area contributed by atoms with Crippen molar-refractivity contribution >= 4 is 48.4 Å². The monoisotopic (exact) mass is 422 g/mol. The van der Waals surface area contributed by atoms with Crippen LogP contribution in [0, 0.1) is 5.82 Å². The number of aliphatic hydroxyl groups excluding tert-OH is 1. The number of alkyl halides is 2. The highest BCUT2D eigenvalue weighted by Crippen LogP contribution is 2.44. The summed E-state index contributed by atoms with van der Waals surface area (Å²) in [6.45, 7) is 0. The minimum atomic E-state index is -3.58. The average Bonchev–Trinajstić information content (AvgIpc) is 2.15. The van der Waals surface area contributed by atoms with Gasteiger partial charge < -0.3 is 5.11 Å². The van der Waals surface area contributed by atoms with Crippen LogP contribution in [-0.4, -0.2) is 21.4 Å². The molecule has 0 bridgehead atoms. The Kier molecular flexibility index (Phi) is 4.36. The molecule has 1 aromatic rings. The Labute approximate surface area is 115 Å². The summed E-state index contributed by atoms with van der Waals surface area (Å²) in [4.78, 5) is 0. The molecule has 0 spiro atoms. The molecule has 0 radical (unpaired) electrons. The van der Waals surface area contributed by atoms with Gasteiger partial charge in [-0.3, -0.25) is 0 Å². The van der Waals surface area contributed by atoms with Crippen molar-refractivity contribution in [1.82, 2.24) is 0 Å². The molecule has 0 saturated heterocycles. The van der Waals surface area contributed by atoms with E-state index >= 15 is 0 Å². The molecule has 2 atom stereocenters. The van der Waals surface area contributed by atoms with Crippen LogP contribution in [0.5, 0.6) is 0 Å². The maximum Gasteiger partial charge on any atom is 0.206 e. The van der Waals surface area contributed by atoms with Gasteiger partial charge in [0.1, 0.15) is 11.9 Å². The first-order chi connectivity index (χ1) is 7.18. The van der Waals surface area contributed by atoms with E-state index in [4.69, 9.17) is 0 Å².